The highest BCUT2D eigenvalue weighted by Gasteiger charge is 2.48. The molecule has 13 nitrogen and oxygen atoms in total. The van der Waals surface area contributed by atoms with Crippen molar-refractivity contribution in [1.29, 1.82) is 0 Å². The van der Waals surface area contributed by atoms with E-state index in [9.17, 15) is 24.6 Å². The summed E-state index contributed by atoms with van der Waals surface area (Å²) >= 11 is 0. The van der Waals surface area contributed by atoms with Gasteiger partial charge in [0.05, 0.1) is 62.3 Å². The van der Waals surface area contributed by atoms with Crippen molar-refractivity contribution in [3.63, 3.8) is 0 Å². The number of aromatic nitrogens is 1. The van der Waals surface area contributed by atoms with E-state index in [0.29, 0.717) is 32.7 Å². The van der Waals surface area contributed by atoms with E-state index in [4.69, 9.17) is 23.7 Å². The summed E-state index contributed by atoms with van der Waals surface area (Å²) in [5.74, 6) is -2.45. The van der Waals surface area contributed by atoms with E-state index in [1.54, 1.807) is 25.3 Å². The number of aliphatic hydroxyl groups is 2. The minimum atomic E-state index is -1.23. The molecule has 0 bridgehead atoms. The number of cyclic esters (lactones) is 1. The van der Waals surface area contributed by atoms with E-state index in [0.717, 1.165) is 17.6 Å². The van der Waals surface area contributed by atoms with Gasteiger partial charge in [-0.3, -0.25) is 19.5 Å². The molecule has 1 aromatic rings. The van der Waals surface area contributed by atoms with Crippen LogP contribution in [0.15, 0.2) is 54.3 Å². The number of ether oxygens (including phenoxy) is 5. The lowest BCUT2D eigenvalue weighted by molar-refractivity contribution is -0.308. The number of aldehydes is 1. The third-order valence-corrected chi connectivity index (χ3v) is 11.0. The van der Waals surface area contributed by atoms with Gasteiger partial charge in [-0.15, -0.1) is 0 Å². The second-order valence-electron chi connectivity index (χ2n) is 15.4. The first-order chi connectivity index (χ1) is 26.3. The van der Waals surface area contributed by atoms with Gasteiger partial charge in [-0.25, -0.2) is 0 Å². The number of hydrogen-bond acceptors (Lipinski definition) is 13. The van der Waals surface area contributed by atoms with E-state index in [1.165, 1.54) is 0 Å². The number of ketones is 1. The molecule has 12 atom stereocenters. The second kappa shape index (κ2) is 22.0. The predicted octanol–water partition coefficient (Wildman–Crippen LogP) is 3.63. The largest absolute Gasteiger partial charge is 0.460 e. The number of likely N-dealkylation sites (N-methyl/N-ethyl adjacent to an activating group) is 1. The van der Waals surface area contributed by atoms with Crippen LogP contribution in [0.2, 0.25) is 0 Å². The number of allylic oxidation sites excluding steroid dienone is 3. The number of aliphatic hydroxyl groups excluding tert-OH is 2. The molecule has 2 saturated heterocycles. The minimum absolute atomic E-state index is 0.0232. The molecule has 0 saturated carbocycles. The Labute approximate surface area is 326 Å². The van der Waals surface area contributed by atoms with Crippen LogP contribution in [0, 0.1) is 17.8 Å². The highest BCUT2D eigenvalue weighted by molar-refractivity contribution is 5.91. The Morgan fingerprint density at radius 2 is 1.82 bits per heavy atom. The molecule has 4 rings (SSSR count). The fourth-order valence-corrected chi connectivity index (χ4v) is 7.85. The van der Waals surface area contributed by atoms with Crippen molar-refractivity contribution < 1.29 is 48.3 Å². The molecule has 55 heavy (non-hydrogen) atoms. The molecular formula is C42H63N3O10. The average Bonchev–Trinajstić information content (AvgIpc) is 3.17. The predicted molar refractivity (Wildman–Crippen MR) is 208 cm³/mol. The maximum Gasteiger partial charge on any atom is 0.308 e. The van der Waals surface area contributed by atoms with Gasteiger partial charge in [-0.1, -0.05) is 50.6 Å². The molecule has 0 amide bonds. The van der Waals surface area contributed by atoms with Crippen LogP contribution in [0.1, 0.15) is 66.0 Å². The van der Waals surface area contributed by atoms with Crippen molar-refractivity contribution in [3.8, 4) is 0 Å². The van der Waals surface area contributed by atoms with Crippen LogP contribution < -0.4 is 0 Å². The van der Waals surface area contributed by atoms with Gasteiger partial charge < -0.3 is 43.6 Å². The zero-order chi connectivity index (χ0) is 40.1. The van der Waals surface area contributed by atoms with Gasteiger partial charge in [0, 0.05) is 37.5 Å². The topological polar surface area (TPSA) is 157 Å². The lowest BCUT2D eigenvalue weighted by Gasteiger charge is -2.48. The summed E-state index contributed by atoms with van der Waals surface area (Å²) in [5, 5.41) is 23.5. The maximum absolute atomic E-state index is 13.6. The van der Waals surface area contributed by atoms with E-state index >= 15 is 0 Å². The van der Waals surface area contributed by atoms with E-state index < -0.39 is 72.7 Å². The molecule has 306 valence electrons. The minimum Gasteiger partial charge on any atom is -0.460 e. The van der Waals surface area contributed by atoms with Crippen LogP contribution in [0.4, 0.5) is 0 Å². The Hall–Kier alpha value is -3.14. The fourth-order valence-electron chi connectivity index (χ4n) is 7.85. The number of pyridine rings is 1. The van der Waals surface area contributed by atoms with Crippen molar-refractivity contribution in [1.82, 2.24) is 14.8 Å². The second-order valence-corrected chi connectivity index (χ2v) is 15.4. The van der Waals surface area contributed by atoms with Crippen molar-refractivity contribution in [2.45, 2.75) is 115 Å². The zero-order valence-corrected chi connectivity index (χ0v) is 33.6. The van der Waals surface area contributed by atoms with Gasteiger partial charge in [0.15, 0.2) is 12.1 Å². The summed E-state index contributed by atoms with van der Waals surface area (Å²) in [5.41, 5.74) is 1.64. The van der Waals surface area contributed by atoms with E-state index in [1.807, 2.05) is 83.1 Å². The number of rotatable bonds is 11. The summed E-state index contributed by atoms with van der Waals surface area (Å²) in [6, 6.07) is 4.83. The molecule has 2 N–H and O–H groups in total. The third-order valence-electron chi connectivity index (χ3n) is 11.0. The molecule has 0 aliphatic carbocycles. The number of hydrogen-bond donors (Lipinski definition) is 2. The highest BCUT2D eigenvalue weighted by Crippen LogP contribution is 2.35. The Morgan fingerprint density at radius 1 is 1.07 bits per heavy atom. The van der Waals surface area contributed by atoms with Crippen LogP contribution in [-0.4, -0.2) is 145 Å². The van der Waals surface area contributed by atoms with Crippen LogP contribution in [0.25, 0.3) is 6.08 Å². The lowest BCUT2D eigenvalue weighted by atomic mass is 9.79. The van der Waals surface area contributed by atoms with Crippen LogP contribution >= 0.6 is 0 Å². The first-order valence-corrected chi connectivity index (χ1v) is 19.7. The van der Waals surface area contributed by atoms with Crippen molar-refractivity contribution in [2.24, 2.45) is 17.8 Å². The first kappa shape index (κ1) is 44.6. The van der Waals surface area contributed by atoms with Crippen molar-refractivity contribution in [2.75, 3.05) is 47.0 Å². The molecule has 0 radical (unpaired) electrons. The Bertz CT molecular complexity index is 1450. The summed E-state index contributed by atoms with van der Waals surface area (Å²) in [7, 11) is 3.68. The number of morpholine rings is 1. The number of carbonyl (C=O) groups excluding carboxylic acids is 3. The fraction of sp³-hybridized carbons (Fsp3) is 0.667. The molecule has 0 unspecified atom stereocenters. The van der Waals surface area contributed by atoms with Gasteiger partial charge >= 0.3 is 5.97 Å². The van der Waals surface area contributed by atoms with E-state index in [-0.39, 0.29) is 37.7 Å². The third kappa shape index (κ3) is 12.7. The van der Waals surface area contributed by atoms with Gasteiger partial charge in [-0.2, -0.15) is 0 Å². The smallest absolute Gasteiger partial charge is 0.308 e. The number of carbonyl (C=O) groups is 3. The van der Waals surface area contributed by atoms with Crippen LogP contribution in [0.3, 0.4) is 0 Å². The van der Waals surface area contributed by atoms with Gasteiger partial charge in [0.25, 0.3) is 0 Å². The Morgan fingerprint density at radius 3 is 2.47 bits per heavy atom. The van der Waals surface area contributed by atoms with Gasteiger partial charge in [0.1, 0.15) is 24.6 Å². The summed E-state index contributed by atoms with van der Waals surface area (Å²) in [6.07, 6.45) is 6.01. The Balaban J connectivity index is 1.60. The molecule has 3 aliphatic rings. The standard InChI is InChI=1S/C42H63N3O10/c1-8-36-33(45-18-22-51-23-19-45)24-27(2)14-15-34(47)28(3)25-31(16-20-46)40(29(4)35(48)26-37(49)54-36)55-42-39(50)38(44(6)7)41(30(5)53-42)52-21-11-13-32-12-9-10-17-43-32/h9-15,17,20,24,28-31,33,35-36,38-42,48,50H,8,16,18-19,21-23,25-26H2,1-7H3/b13-11+,15-14+,27-24+/t28-,29+,30-,31+,33+,35-,36-,38-,39-,40-,41-,42+/m1/s1. The van der Waals surface area contributed by atoms with Gasteiger partial charge in [0.2, 0.25) is 0 Å². The van der Waals surface area contributed by atoms with Crippen molar-refractivity contribution >= 4 is 24.1 Å². The van der Waals surface area contributed by atoms with Crippen LogP contribution in [0.5, 0.6) is 0 Å². The summed E-state index contributed by atoms with van der Waals surface area (Å²) in [4.78, 5) is 47.6. The quantitative estimate of drug-likeness (QED) is 0.249. The monoisotopic (exact) mass is 769 g/mol. The van der Waals surface area contributed by atoms with Crippen LogP contribution in [-0.2, 0) is 38.1 Å². The highest BCUT2D eigenvalue weighted by atomic mass is 16.7. The molecule has 0 spiro atoms. The Kier molecular flexibility index (Phi) is 17.8. The number of nitrogens with zero attached hydrogens (tertiary/aromatic N) is 3. The average molecular weight is 770 g/mol. The SMILES string of the molecule is CC[C@H]1OC(=O)C[C@@H](O)[C@H](C)[C@@H](O[C@@H]2O[C@H](C)[C@@H](OC/C=C/c3ccccn3)[C@H](N(C)C)[C@H]2O)[C@@H](CC=O)C[C@@H](C)C(=O)/C=C/C(C)=C/[C@@H]1N1CCOCC1. The normalized spacial score (nSPS) is 36.7. The molecule has 1 aromatic heterocycles. The molecule has 3 aliphatic heterocycles. The summed E-state index contributed by atoms with van der Waals surface area (Å²) < 4.78 is 30.9. The molecule has 13 heteroatoms. The van der Waals surface area contributed by atoms with Gasteiger partial charge in [-0.05, 0) is 71.0 Å². The molecule has 0 aromatic carbocycles. The zero-order valence-electron chi connectivity index (χ0n) is 33.6. The number of esters is 1. The molecule has 2 fully saturated rings. The first-order valence-electron chi connectivity index (χ1n) is 19.7. The van der Waals surface area contributed by atoms with E-state index in [2.05, 4.69) is 9.88 Å². The maximum atomic E-state index is 13.6. The molecular weight excluding hydrogens is 706 g/mol. The molecule has 4 heterocycles. The van der Waals surface area contributed by atoms with Crippen molar-refractivity contribution in [3.05, 3.63) is 60.0 Å². The lowest BCUT2D eigenvalue weighted by Crippen LogP contribution is -2.64. The summed E-state index contributed by atoms with van der Waals surface area (Å²) in [6.45, 7) is 12.0.